The van der Waals surface area contributed by atoms with Crippen LogP contribution in [0.3, 0.4) is 0 Å². The molecule has 0 radical (unpaired) electrons. The maximum atomic E-state index is 5.78. The summed E-state index contributed by atoms with van der Waals surface area (Å²) >= 11 is 3.13. The second kappa shape index (κ2) is 8.64. The van der Waals surface area contributed by atoms with Crippen molar-refractivity contribution < 1.29 is 0 Å². The van der Waals surface area contributed by atoms with E-state index >= 15 is 0 Å². The number of hydrogen-bond donors (Lipinski definition) is 2. The van der Waals surface area contributed by atoms with E-state index in [1.54, 1.807) is 11.8 Å². The number of rotatable bonds is 9. The van der Waals surface area contributed by atoms with Gasteiger partial charge >= 0.3 is 0 Å². The molecule has 5 heteroatoms. The fourth-order valence-electron chi connectivity index (χ4n) is 1.71. The summed E-state index contributed by atoms with van der Waals surface area (Å²) in [6.07, 6.45) is 10.0. The molecule has 98 valence electrons. The highest BCUT2D eigenvalue weighted by Crippen LogP contribution is 2.34. The van der Waals surface area contributed by atoms with Crippen LogP contribution >= 0.6 is 23.3 Å². The van der Waals surface area contributed by atoms with Crippen molar-refractivity contribution in [3.05, 3.63) is 0 Å². The molecule has 0 aliphatic heterocycles. The summed E-state index contributed by atoms with van der Waals surface area (Å²) in [5.41, 5.74) is 5.78. The van der Waals surface area contributed by atoms with E-state index in [0.717, 1.165) is 16.4 Å². The van der Waals surface area contributed by atoms with Crippen molar-refractivity contribution in [1.82, 2.24) is 4.37 Å². The van der Waals surface area contributed by atoms with Crippen LogP contribution in [0.2, 0.25) is 0 Å². The van der Waals surface area contributed by atoms with Gasteiger partial charge in [0, 0.05) is 6.54 Å². The number of nitrogens with zero attached hydrogens (tertiary/aromatic N) is 1. The Labute approximate surface area is 113 Å². The summed E-state index contributed by atoms with van der Waals surface area (Å²) in [6, 6.07) is 0. The van der Waals surface area contributed by atoms with Crippen LogP contribution in [0, 0.1) is 0 Å². The van der Waals surface area contributed by atoms with Crippen LogP contribution in [-0.4, -0.2) is 17.2 Å². The minimum absolute atomic E-state index is 0.660. The Bertz CT molecular complexity index is 313. The van der Waals surface area contributed by atoms with Gasteiger partial charge in [-0.2, -0.15) is 4.37 Å². The highest BCUT2D eigenvalue weighted by atomic mass is 32.2. The lowest BCUT2D eigenvalue weighted by Gasteiger charge is -2.05. The van der Waals surface area contributed by atoms with Crippen molar-refractivity contribution in [3.8, 4) is 0 Å². The lowest BCUT2D eigenvalue weighted by Crippen LogP contribution is -2.00. The Morgan fingerprint density at radius 3 is 2.65 bits per heavy atom. The molecular formula is C12H23N3S2. The van der Waals surface area contributed by atoms with Crippen LogP contribution in [0.4, 0.5) is 10.8 Å². The van der Waals surface area contributed by atoms with E-state index in [1.165, 1.54) is 50.1 Å². The topological polar surface area (TPSA) is 50.9 Å². The average Bonchev–Trinajstić information content (AvgIpc) is 2.69. The molecule has 1 aromatic heterocycles. The zero-order chi connectivity index (χ0) is 12.5. The third-order valence-corrected chi connectivity index (χ3v) is 4.46. The standard InChI is InChI=1S/C12H23N3S2/c1-3-4-5-6-7-8-9-14-12-10(16-2)11(13)15-17-12/h14H,3-9H2,1-2H3,(H2,13,15). The molecule has 0 atom stereocenters. The summed E-state index contributed by atoms with van der Waals surface area (Å²) in [5.74, 6) is 0.660. The quantitative estimate of drug-likeness (QED) is 0.522. The largest absolute Gasteiger partial charge is 0.382 e. The van der Waals surface area contributed by atoms with E-state index in [9.17, 15) is 0 Å². The van der Waals surface area contributed by atoms with E-state index in [0.29, 0.717) is 5.82 Å². The van der Waals surface area contributed by atoms with Gasteiger partial charge in [0.25, 0.3) is 0 Å². The monoisotopic (exact) mass is 273 g/mol. The summed E-state index contributed by atoms with van der Waals surface area (Å²) in [7, 11) is 0. The van der Waals surface area contributed by atoms with Crippen molar-refractivity contribution in [1.29, 1.82) is 0 Å². The molecule has 0 aliphatic carbocycles. The molecule has 3 N–H and O–H groups in total. The number of nitrogens with one attached hydrogen (secondary N) is 1. The molecule has 17 heavy (non-hydrogen) atoms. The van der Waals surface area contributed by atoms with Gasteiger partial charge in [0.2, 0.25) is 0 Å². The predicted octanol–water partition coefficient (Wildman–Crippen LogP) is 4.22. The molecule has 0 fully saturated rings. The van der Waals surface area contributed by atoms with Crippen LogP contribution in [0.1, 0.15) is 45.4 Å². The first-order valence-electron chi connectivity index (χ1n) is 6.32. The molecule has 1 rings (SSSR count). The van der Waals surface area contributed by atoms with Crippen LogP contribution in [0.15, 0.2) is 4.90 Å². The van der Waals surface area contributed by atoms with Crippen molar-refractivity contribution in [2.45, 2.75) is 50.3 Å². The van der Waals surface area contributed by atoms with Gasteiger partial charge in [0.05, 0.1) is 4.90 Å². The van der Waals surface area contributed by atoms with Crippen LogP contribution < -0.4 is 11.1 Å². The van der Waals surface area contributed by atoms with Crippen molar-refractivity contribution >= 4 is 34.1 Å². The zero-order valence-corrected chi connectivity index (χ0v) is 12.4. The lowest BCUT2D eigenvalue weighted by atomic mass is 10.1. The first-order chi connectivity index (χ1) is 8.29. The molecule has 0 spiro atoms. The van der Waals surface area contributed by atoms with Gasteiger partial charge < -0.3 is 11.1 Å². The van der Waals surface area contributed by atoms with E-state index in [4.69, 9.17) is 5.73 Å². The first kappa shape index (κ1) is 14.6. The van der Waals surface area contributed by atoms with E-state index in [1.807, 2.05) is 6.26 Å². The predicted molar refractivity (Wildman–Crippen MR) is 80.2 cm³/mol. The average molecular weight is 273 g/mol. The zero-order valence-electron chi connectivity index (χ0n) is 10.8. The summed E-state index contributed by atoms with van der Waals surface area (Å²) in [6.45, 7) is 3.28. The number of thioether (sulfide) groups is 1. The van der Waals surface area contributed by atoms with Crippen molar-refractivity contribution in [3.63, 3.8) is 0 Å². The van der Waals surface area contributed by atoms with Gasteiger partial charge in [-0.1, -0.05) is 39.0 Å². The van der Waals surface area contributed by atoms with E-state index in [2.05, 4.69) is 16.6 Å². The van der Waals surface area contributed by atoms with E-state index < -0.39 is 0 Å². The Hall–Kier alpha value is -0.420. The van der Waals surface area contributed by atoms with Gasteiger partial charge in [0.1, 0.15) is 5.00 Å². The maximum Gasteiger partial charge on any atom is 0.153 e. The molecule has 0 saturated heterocycles. The van der Waals surface area contributed by atoms with Gasteiger partial charge in [-0.25, -0.2) is 0 Å². The number of nitrogen functional groups attached to an aromatic ring is 1. The normalized spacial score (nSPS) is 10.7. The van der Waals surface area contributed by atoms with Crippen LogP contribution in [0.5, 0.6) is 0 Å². The summed E-state index contributed by atoms with van der Waals surface area (Å²) in [4.78, 5) is 1.10. The van der Waals surface area contributed by atoms with Gasteiger partial charge in [-0.3, -0.25) is 0 Å². The molecule has 0 unspecified atom stereocenters. The minimum Gasteiger partial charge on any atom is -0.382 e. The number of nitrogens with two attached hydrogens (primary N) is 1. The Morgan fingerprint density at radius 1 is 1.24 bits per heavy atom. The molecule has 0 aromatic carbocycles. The van der Waals surface area contributed by atoms with Gasteiger partial charge in [-0.15, -0.1) is 11.8 Å². The third-order valence-electron chi connectivity index (χ3n) is 2.69. The Balaban J connectivity index is 2.13. The first-order valence-corrected chi connectivity index (χ1v) is 8.32. The SMILES string of the molecule is CCCCCCCCNc1snc(N)c1SC. The molecule has 0 bridgehead atoms. The van der Waals surface area contributed by atoms with Gasteiger partial charge in [-0.05, 0) is 24.2 Å². The number of hydrogen-bond acceptors (Lipinski definition) is 5. The third kappa shape index (κ3) is 5.17. The molecule has 0 aliphatic rings. The second-order valence-corrected chi connectivity index (χ2v) is 5.71. The Kier molecular flexibility index (Phi) is 7.44. The molecular weight excluding hydrogens is 250 g/mol. The summed E-state index contributed by atoms with van der Waals surface area (Å²) in [5, 5.41) is 4.56. The smallest absolute Gasteiger partial charge is 0.153 e. The minimum atomic E-state index is 0.660. The fourth-order valence-corrected chi connectivity index (χ4v) is 3.28. The highest BCUT2D eigenvalue weighted by Gasteiger charge is 2.09. The maximum absolute atomic E-state index is 5.78. The number of aromatic nitrogens is 1. The molecule has 3 nitrogen and oxygen atoms in total. The second-order valence-electron chi connectivity index (χ2n) is 4.12. The molecule has 0 saturated carbocycles. The number of unbranched alkanes of at least 4 members (excludes halogenated alkanes) is 5. The molecule has 1 aromatic rings. The van der Waals surface area contributed by atoms with Crippen LogP contribution in [0.25, 0.3) is 0 Å². The lowest BCUT2D eigenvalue weighted by molar-refractivity contribution is 0.617. The highest BCUT2D eigenvalue weighted by molar-refractivity contribution is 7.99. The van der Waals surface area contributed by atoms with Crippen molar-refractivity contribution in [2.75, 3.05) is 23.9 Å². The molecule has 0 amide bonds. The fraction of sp³-hybridized carbons (Fsp3) is 0.750. The number of anilines is 2. The summed E-state index contributed by atoms with van der Waals surface area (Å²) < 4.78 is 4.16. The Morgan fingerprint density at radius 2 is 1.94 bits per heavy atom. The van der Waals surface area contributed by atoms with Gasteiger partial charge in [0.15, 0.2) is 5.82 Å². The van der Waals surface area contributed by atoms with Crippen LogP contribution in [-0.2, 0) is 0 Å². The van der Waals surface area contributed by atoms with E-state index in [-0.39, 0.29) is 0 Å². The van der Waals surface area contributed by atoms with Crippen molar-refractivity contribution in [2.24, 2.45) is 0 Å². The molecule has 1 heterocycles.